The molecule has 0 spiro atoms. The van der Waals surface area contributed by atoms with E-state index in [1.54, 1.807) is 12.4 Å². The van der Waals surface area contributed by atoms with Crippen molar-refractivity contribution in [3.05, 3.63) is 52.9 Å². The maximum absolute atomic E-state index is 6.42. The Morgan fingerprint density at radius 1 is 1.16 bits per heavy atom. The van der Waals surface area contributed by atoms with Gasteiger partial charge in [0.1, 0.15) is 0 Å². The number of aryl methyl sites for hydroxylation is 1. The van der Waals surface area contributed by atoms with Crippen LogP contribution < -0.4 is 0 Å². The summed E-state index contributed by atoms with van der Waals surface area (Å²) in [6.45, 7) is 3.98. The van der Waals surface area contributed by atoms with Crippen LogP contribution in [0.3, 0.4) is 0 Å². The van der Waals surface area contributed by atoms with Gasteiger partial charge in [-0.1, -0.05) is 11.6 Å². The number of rotatable bonds is 1. The molecule has 0 bridgehead atoms. The zero-order valence-electron chi connectivity index (χ0n) is 10.7. The average molecular weight is 270 g/mol. The van der Waals surface area contributed by atoms with Gasteiger partial charge in [-0.25, -0.2) is 9.97 Å². The van der Waals surface area contributed by atoms with E-state index in [9.17, 15) is 0 Å². The fraction of sp³-hybridized carbons (Fsp3) is 0.133. The van der Waals surface area contributed by atoms with E-state index in [1.807, 2.05) is 38.2 Å². The minimum absolute atomic E-state index is 0.662. The second kappa shape index (κ2) is 4.59. The molecule has 94 valence electrons. The Bertz CT molecular complexity index is 768. The van der Waals surface area contributed by atoms with Gasteiger partial charge in [-0.3, -0.25) is 4.98 Å². The third-order valence-corrected chi connectivity index (χ3v) is 3.56. The molecule has 3 nitrogen and oxygen atoms in total. The van der Waals surface area contributed by atoms with Crippen LogP contribution in [0.5, 0.6) is 0 Å². The van der Waals surface area contributed by atoms with Crippen LogP contribution in [-0.4, -0.2) is 15.0 Å². The first-order valence-corrected chi connectivity index (χ1v) is 6.37. The molecular weight excluding hydrogens is 258 g/mol. The lowest BCUT2D eigenvalue weighted by atomic mass is 10.1. The van der Waals surface area contributed by atoms with Gasteiger partial charge in [-0.2, -0.15) is 0 Å². The van der Waals surface area contributed by atoms with E-state index in [4.69, 9.17) is 11.6 Å². The SMILES string of the molecule is Cc1cncc(-c2nc3ncccc3c(Cl)c2C)c1. The monoisotopic (exact) mass is 269 g/mol. The first-order valence-electron chi connectivity index (χ1n) is 5.99. The van der Waals surface area contributed by atoms with Gasteiger partial charge >= 0.3 is 0 Å². The van der Waals surface area contributed by atoms with Crippen molar-refractivity contribution in [3.63, 3.8) is 0 Å². The fourth-order valence-electron chi connectivity index (χ4n) is 2.12. The lowest BCUT2D eigenvalue weighted by molar-refractivity contribution is 1.22. The molecule has 3 aromatic heterocycles. The molecule has 0 aliphatic heterocycles. The van der Waals surface area contributed by atoms with Crippen LogP contribution in [0, 0.1) is 13.8 Å². The summed E-state index contributed by atoms with van der Waals surface area (Å²) in [5.74, 6) is 0. The van der Waals surface area contributed by atoms with Crippen molar-refractivity contribution >= 4 is 22.6 Å². The summed E-state index contributed by atoms with van der Waals surface area (Å²) in [4.78, 5) is 13.1. The van der Waals surface area contributed by atoms with Crippen molar-refractivity contribution in [1.82, 2.24) is 15.0 Å². The second-order valence-corrected chi connectivity index (χ2v) is 4.90. The maximum atomic E-state index is 6.42. The van der Waals surface area contributed by atoms with Crippen LogP contribution >= 0.6 is 11.6 Å². The Morgan fingerprint density at radius 3 is 2.79 bits per heavy atom. The molecule has 0 aliphatic carbocycles. The lowest BCUT2D eigenvalue weighted by Crippen LogP contribution is -1.94. The molecule has 0 N–H and O–H groups in total. The third kappa shape index (κ3) is 2.06. The van der Waals surface area contributed by atoms with Gasteiger partial charge in [0, 0.05) is 29.5 Å². The van der Waals surface area contributed by atoms with Gasteiger partial charge in [0.05, 0.1) is 10.7 Å². The molecule has 3 aromatic rings. The van der Waals surface area contributed by atoms with Crippen LogP contribution in [0.1, 0.15) is 11.1 Å². The smallest absolute Gasteiger partial charge is 0.161 e. The van der Waals surface area contributed by atoms with Crippen LogP contribution in [0.4, 0.5) is 0 Å². The lowest BCUT2D eigenvalue weighted by Gasteiger charge is -2.09. The first kappa shape index (κ1) is 12.1. The van der Waals surface area contributed by atoms with Crippen molar-refractivity contribution in [2.75, 3.05) is 0 Å². The summed E-state index contributed by atoms with van der Waals surface area (Å²) in [5, 5.41) is 1.58. The van der Waals surface area contributed by atoms with Gasteiger partial charge < -0.3 is 0 Å². The molecule has 0 aromatic carbocycles. The first-order chi connectivity index (χ1) is 9.16. The maximum Gasteiger partial charge on any atom is 0.161 e. The summed E-state index contributed by atoms with van der Waals surface area (Å²) in [7, 11) is 0. The molecular formula is C15H12ClN3. The number of aromatic nitrogens is 3. The van der Waals surface area contributed by atoms with E-state index in [0.29, 0.717) is 10.7 Å². The number of halogens is 1. The normalized spacial score (nSPS) is 10.9. The predicted molar refractivity (Wildman–Crippen MR) is 77.3 cm³/mol. The molecule has 0 saturated heterocycles. The Labute approximate surface area is 116 Å². The van der Waals surface area contributed by atoms with E-state index >= 15 is 0 Å². The molecule has 0 unspecified atom stereocenters. The molecule has 0 aliphatic rings. The van der Waals surface area contributed by atoms with Gasteiger partial charge in [-0.05, 0) is 43.2 Å². The number of nitrogens with zero attached hydrogens (tertiary/aromatic N) is 3. The van der Waals surface area contributed by atoms with E-state index in [1.165, 1.54) is 0 Å². The van der Waals surface area contributed by atoms with E-state index in [-0.39, 0.29) is 0 Å². The standard InChI is InChI=1S/C15H12ClN3/c1-9-6-11(8-17-7-9)14-10(2)13(16)12-4-3-5-18-15(12)19-14/h3-8H,1-2H3. The molecule has 0 fully saturated rings. The fourth-order valence-corrected chi connectivity index (χ4v) is 2.36. The molecule has 3 heterocycles. The summed E-state index contributed by atoms with van der Waals surface area (Å²) in [6, 6.07) is 5.85. The van der Waals surface area contributed by atoms with Crippen LogP contribution in [-0.2, 0) is 0 Å². The van der Waals surface area contributed by atoms with E-state index < -0.39 is 0 Å². The number of hydrogen-bond acceptors (Lipinski definition) is 3. The molecule has 4 heteroatoms. The minimum atomic E-state index is 0.662. The minimum Gasteiger partial charge on any atom is -0.264 e. The molecule has 0 atom stereocenters. The predicted octanol–water partition coefficient (Wildman–Crippen LogP) is 3.96. The average Bonchev–Trinajstić information content (AvgIpc) is 2.43. The Balaban J connectivity index is 2.33. The van der Waals surface area contributed by atoms with E-state index in [2.05, 4.69) is 15.0 Å². The van der Waals surface area contributed by atoms with Crippen LogP contribution in [0.2, 0.25) is 5.02 Å². The Morgan fingerprint density at radius 2 is 2.00 bits per heavy atom. The zero-order chi connectivity index (χ0) is 13.4. The number of fused-ring (bicyclic) bond motifs is 1. The summed E-state index contributed by atoms with van der Waals surface area (Å²) in [5.41, 5.74) is 4.51. The topological polar surface area (TPSA) is 38.7 Å². The highest BCUT2D eigenvalue weighted by atomic mass is 35.5. The van der Waals surface area contributed by atoms with Gasteiger partial charge in [0.2, 0.25) is 0 Å². The van der Waals surface area contributed by atoms with Gasteiger partial charge in [0.15, 0.2) is 5.65 Å². The van der Waals surface area contributed by atoms with Crippen LogP contribution in [0.15, 0.2) is 36.8 Å². The quantitative estimate of drug-likeness (QED) is 0.671. The second-order valence-electron chi connectivity index (χ2n) is 4.52. The van der Waals surface area contributed by atoms with Crippen molar-refractivity contribution in [2.24, 2.45) is 0 Å². The van der Waals surface area contributed by atoms with Crippen molar-refractivity contribution < 1.29 is 0 Å². The summed E-state index contributed by atoms with van der Waals surface area (Å²) in [6.07, 6.45) is 5.34. The summed E-state index contributed by atoms with van der Waals surface area (Å²) >= 11 is 6.42. The number of hydrogen-bond donors (Lipinski definition) is 0. The molecule has 0 amide bonds. The zero-order valence-corrected chi connectivity index (χ0v) is 11.4. The Kier molecular flexibility index (Phi) is 2.91. The Hall–Kier alpha value is -2.00. The van der Waals surface area contributed by atoms with Crippen LogP contribution in [0.25, 0.3) is 22.3 Å². The molecule has 0 radical (unpaired) electrons. The molecule has 3 rings (SSSR count). The highest BCUT2D eigenvalue weighted by molar-refractivity contribution is 6.36. The molecule has 19 heavy (non-hydrogen) atoms. The summed E-state index contributed by atoms with van der Waals surface area (Å²) < 4.78 is 0. The van der Waals surface area contributed by atoms with E-state index in [0.717, 1.165) is 27.8 Å². The highest BCUT2D eigenvalue weighted by Crippen LogP contribution is 2.31. The molecule has 0 saturated carbocycles. The van der Waals surface area contributed by atoms with Gasteiger partial charge in [0.25, 0.3) is 0 Å². The van der Waals surface area contributed by atoms with Crippen molar-refractivity contribution in [1.29, 1.82) is 0 Å². The van der Waals surface area contributed by atoms with Crippen molar-refractivity contribution in [3.8, 4) is 11.3 Å². The third-order valence-electron chi connectivity index (χ3n) is 3.07. The largest absolute Gasteiger partial charge is 0.264 e. The number of pyridine rings is 3. The highest BCUT2D eigenvalue weighted by Gasteiger charge is 2.12. The van der Waals surface area contributed by atoms with Crippen molar-refractivity contribution in [2.45, 2.75) is 13.8 Å². The van der Waals surface area contributed by atoms with Gasteiger partial charge in [-0.15, -0.1) is 0 Å².